The van der Waals surface area contributed by atoms with Crippen LogP contribution < -0.4 is 10.1 Å². The molecular weight excluding hydrogens is 208 g/mol. The summed E-state index contributed by atoms with van der Waals surface area (Å²) in [5.41, 5.74) is 0.142. The van der Waals surface area contributed by atoms with Crippen molar-refractivity contribution in [2.45, 2.75) is 19.9 Å². The molecule has 5 heteroatoms. The Balaban J connectivity index is 2.25. The normalized spacial score (nSPS) is 18.6. The van der Waals surface area contributed by atoms with E-state index in [1.165, 1.54) is 12.3 Å². The van der Waals surface area contributed by atoms with Crippen LogP contribution in [0.4, 0.5) is 5.82 Å². The molecule has 16 heavy (non-hydrogen) atoms. The van der Waals surface area contributed by atoms with Crippen LogP contribution in [0.5, 0.6) is 5.75 Å². The first kappa shape index (κ1) is 10.7. The number of anilines is 1. The first-order chi connectivity index (χ1) is 7.58. The van der Waals surface area contributed by atoms with E-state index in [0.29, 0.717) is 24.1 Å². The number of carboxylic acids is 1. The minimum Gasteiger partial charge on any atom is -0.488 e. The molecule has 2 N–H and O–H groups in total. The zero-order chi connectivity index (χ0) is 11.7. The molecule has 86 valence electrons. The van der Waals surface area contributed by atoms with Crippen molar-refractivity contribution >= 4 is 11.8 Å². The Morgan fingerprint density at radius 3 is 3.06 bits per heavy atom. The predicted octanol–water partition coefficient (Wildman–Crippen LogP) is 1.61. The Morgan fingerprint density at radius 2 is 2.44 bits per heavy atom. The van der Waals surface area contributed by atoms with Gasteiger partial charge in [0.2, 0.25) is 0 Å². The second-order valence-corrected chi connectivity index (χ2v) is 4.18. The van der Waals surface area contributed by atoms with Crippen molar-refractivity contribution in [2.75, 3.05) is 11.9 Å². The van der Waals surface area contributed by atoms with Crippen LogP contribution in [0.3, 0.4) is 0 Å². The van der Waals surface area contributed by atoms with Gasteiger partial charge in [-0.2, -0.15) is 0 Å². The molecule has 5 nitrogen and oxygen atoms in total. The Morgan fingerprint density at radius 1 is 1.69 bits per heavy atom. The van der Waals surface area contributed by atoms with E-state index in [4.69, 9.17) is 9.84 Å². The van der Waals surface area contributed by atoms with E-state index in [0.717, 1.165) is 0 Å². The average molecular weight is 222 g/mol. The molecule has 0 aliphatic carbocycles. The van der Waals surface area contributed by atoms with Gasteiger partial charge < -0.3 is 15.2 Å². The van der Waals surface area contributed by atoms with Gasteiger partial charge in [-0.15, -0.1) is 0 Å². The highest BCUT2D eigenvalue weighted by Crippen LogP contribution is 2.29. The minimum absolute atomic E-state index is 0.142. The van der Waals surface area contributed by atoms with Crippen LogP contribution in [-0.4, -0.2) is 28.7 Å². The molecular formula is C11H14N2O3. The van der Waals surface area contributed by atoms with E-state index in [-0.39, 0.29) is 11.6 Å². The van der Waals surface area contributed by atoms with Gasteiger partial charge in [-0.3, -0.25) is 0 Å². The lowest BCUT2D eigenvalue weighted by molar-refractivity contribution is 0.0695. The maximum atomic E-state index is 10.7. The third kappa shape index (κ3) is 1.93. The van der Waals surface area contributed by atoms with Crippen LogP contribution in [0.15, 0.2) is 12.3 Å². The SMILES string of the molecule is CC(C)C1COc2cc(C(=O)O)cnc2N1. The summed E-state index contributed by atoms with van der Waals surface area (Å²) in [5, 5.41) is 12.0. The van der Waals surface area contributed by atoms with Crippen LogP contribution in [0, 0.1) is 5.92 Å². The van der Waals surface area contributed by atoms with Crippen molar-refractivity contribution in [2.24, 2.45) is 5.92 Å². The molecule has 0 aromatic carbocycles. The molecule has 0 radical (unpaired) electrons. The van der Waals surface area contributed by atoms with E-state index in [2.05, 4.69) is 24.1 Å². The van der Waals surface area contributed by atoms with E-state index < -0.39 is 5.97 Å². The Hall–Kier alpha value is -1.78. The maximum absolute atomic E-state index is 10.7. The number of aromatic nitrogens is 1. The Bertz CT molecular complexity index is 418. The van der Waals surface area contributed by atoms with Crippen molar-refractivity contribution in [3.8, 4) is 5.75 Å². The highest BCUT2D eigenvalue weighted by Gasteiger charge is 2.23. The summed E-state index contributed by atoms with van der Waals surface area (Å²) in [5.74, 6) is 0.575. The standard InChI is InChI=1S/C11H14N2O3/c1-6(2)8-5-16-9-3-7(11(14)15)4-12-10(9)13-8/h3-4,6,8H,5H2,1-2H3,(H,12,13)(H,14,15). The second kappa shape index (κ2) is 4.00. The molecule has 0 spiro atoms. The van der Waals surface area contributed by atoms with Gasteiger partial charge in [-0.05, 0) is 5.92 Å². The van der Waals surface area contributed by atoms with Crippen LogP contribution in [0.1, 0.15) is 24.2 Å². The van der Waals surface area contributed by atoms with Crippen molar-refractivity contribution in [1.82, 2.24) is 4.98 Å². The van der Waals surface area contributed by atoms with Gasteiger partial charge in [0, 0.05) is 12.3 Å². The second-order valence-electron chi connectivity index (χ2n) is 4.18. The third-order valence-corrected chi connectivity index (χ3v) is 2.64. The smallest absolute Gasteiger partial charge is 0.337 e. The molecule has 1 aromatic heterocycles. The number of carboxylic acid groups (broad SMARTS) is 1. The fraction of sp³-hybridized carbons (Fsp3) is 0.455. The zero-order valence-electron chi connectivity index (χ0n) is 9.23. The molecule has 0 fully saturated rings. The first-order valence-corrected chi connectivity index (χ1v) is 5.20. The van der Waals surface area contributed by atoms with Crippen LogP contribution in [0.25, 0.3) is 0 Å². The molecule has 0 saturated carbocycles. The Labute approximate surface area is 93.5 Å². The van der Waals surface area contributed by atoms with Crippen LogP contribution in [0.2, 0.25) is 0 Å². The number of fused-ring (bicyclic) bond motifs is 1. The predicted molar refractivity (Wildman–Crippen MR) is 58.9 cm³/mol. The average Bonchev–Trinajstić information content (AvgIpc) is 2.27. The number of nitrogens with one attached hydrogen (secondary N) is 1. The summed E-state index contributed by atoms with van der Waals surface area (Å²) in [4.78, 5) is 14.8. The first-order valence-electron chi connectivity index (χ1n) is 5.20. The molecule has 0 bridgehead atoms. The lowest BCUT2D eigenvalue weighted by atomic mass is 10.0. The van der Waals surface area contributed by atoms with Crippen LogP contribution >= 0.6 is 0 Å². The zero-order valence-corrected chi connectivity index (χ0v) is 9.23. The van der Waals surface area contributed by atoms with Crippen LogP contribution in [-0.2, 0) is 0 Å². The van der Waals surface area contributed by atoms with E-state index in [9.17, 15) is 4.79 Å². The van der Waals surface area contributed by atoms with Gasteiger partial charge in [0.05, 0.1) is 11.6 Å². The van der Waals surface area contributed by atoms with E-state index in [1.807, 2.05) is 0 Å². The summed E-state index contributed by atoms with van der Waals surface area (Å²) in [6.45, 7) is 4.73. The number of nitrogens with zero attached hydrogens (tertiary/aromatic N) is 1. The van der Waals surface area contributed by atoms with Crippen molar-refractivity contribution in [3.63, 3.8) is 0 Å². The molecule has 0 amide bonds. The minimum atomic E-state index is -0.995. The van der Waals surface area contributed by atoms with Gasteiger partial charge in [0.15, 0.2) is 11.6 Å². The fourth-order valence-corrected chi connectivity index (χ4v) is 1.54. The summed E-state index contributed by atoms with van der Waals surface area (Å²) in [7, 11) is 0. The summed E-state index contributed by atoms with van der Waals surface area (Å²) < 4.78 is 5.50. The quantitative estimate of drug-likeness (QED) is 0.795. The number of hydrogen-bond acceptors (Lipinski definition) is 4. The lowest BCUT2D eigenvalue weighted by Crippen LogP contribution is -2.36. The highest BCUT2D eigenvalue weighted by atomic mass is 16.5. The number of aromatic carboxylic acids is 1. The van der Waals surface area contributed by atoms with Crippen molar-refractivity contribution in [3.05, 3.63) is 17.8 Å². The highest BCUT2D eigenvalue weighted by molar-refractivity contribution is 5.88. The van der Waals surface area contributed by atoms with Gasteiger partial charge in [0.25, 0.3) is 0 Å². The fourth-order valence-electron chi connectivity index (χ4n) is 1.54. The van der Waals surface area contributed by atoms with Gasteiger partial charge >= 0.3 is 5.97 Å². The summed E-state index contributed by atoms with van der Waals surface area (Å²) in [6, 6.07) is 1.71. The van der Waals surface area contributed by atoms with Crippen molar-refractivity contribution < 1.29 is 14.6 Å². The Kier molecular flexibility index (Phi) is 2.68. The molecule has 1 aromatic rings. The number of carbonyl (C=O) groups is 1. The van der Waals surface area contributed by atoms with Crippen molar-refractivity contribution in [1.29, 1.82) is 0 Å². The van der Waals surface area contributed by atoms with Gasteiger partial charge in [-0.1, -0.05) is 13.8 Å². The molecule has 0 saturated heterocycles. The van der Waals surface area contributed by atoms with E-state index in [1.54, 1.807) is 0 Å². The maximum Gasteiger partial charge on any atom is 0.337 e. The van der Waals surface area contributed by atoms with Gasteiger partial charge in [-0.25, -0.2) is 9.78 Å². The monoisotopic (exact) mass is 222 g/mol. The molecule has 1 atom stereocenters. The van der Waals surface area contributed by atoms with E-state index >= 15 is 0 Å². The largest absolute Gasteiger partial charge is 0.488 e. The summed E-state index contributed by atoms with van der Waals surface area (Å²) in [6.07, 6.45) is 1.33. The third-order valence-electron chi connectivity index (χ3n) is 2.64. The number of hydrogen-bond donors (Lipinski definition) is 2. The van der Waals surface area contributed by atoms with Gasteiger partial charge in [0.1, 0.15) is 6.61 Å². The molecule has 1 aliphatic heterocycles. The number of rotatable bonds is 2. The number of ether oxygens (including phenoxy) is 1. The lowest BCUT2D eigenvalue weighted by Gasteiger charge is -2.29. The molecule has 1 unspecified atom stereocenters. The topological polar surface area (TPSA) is 71.5 Å². The molecule has 2 rings (SSSR count). The molecule has 2 heterocycles. The molecule has 1 aliphatic rings. The summed E-state index contributed by atoms with van der Waals surface area (Å²) >= 11 is 0. The number of pyridine rings is 1.